The zero-order valence-electron chi connectivity index (χ0n) is 9.89. The number of fused-ring (bicyclic) bond motifs is 1. The zero-order chi connectivity index (χ0) is 12.7. The van der Waals surface area contributed by atoms with Gasteiger partial charge in [-0.05, 0) is 25.0 Å². The molecule has 1 aromatic rings. The fraction of sp³-hybridized carbons (Fsp3) is 0.357. The number of rotatable bonds is 1. The van der Waals surface area contributed by atoms with Gasteiger partial charge in [0.2, 0.25) is 0 Å². The van der Waals surface area contributed by atoms with Gasteiger partial charge in [-0.1, -0.05) is 12.1 Å². The third kappa shape index (κ3) is 1.56. The Morgan fingerprint density at radius 3 is 2.17 bits per heavy atom. The van der Waals surface area contributed by atoms with Gasteiger partial charge in [0.25, 0.3) is 11.8 Å². The maximum atomic E-state index is 12.2. The topological polar surface area (TPSA) is 54.5 Å². The summed E-state index contributed by atoms with van der Waals surface area (Å²) < 4.78 is 0. The Morgan fingerprint density at radius 1 is 1.00 bits per heavy atom. The Labute approximate surface area is 105 Å². The van der Waals surface area contributed by atoms with Crippen molar-refractivity contribution in [3.05, 3.63) is 35.4 Å². The first-order valence-corrected chi connectivity index (χ1v) is 6.17. The number of carbonyl (C=O) groups is 3. The fourth-order valence-corrected chi connectivity index (χ4v) is 2.76. The lowest BCUT2D eigenvalue weighted by Gasteiger charge is -2.28. The highest BCUT2D eigenvalue weighted by atomic mass is 16.2. The van der Waals surface area contributed by atoms with Gasteiger partial charge in [-0.25, -0.2) is 0 Å². The van der Waals surface area contributed by atoms with Crippen LogP contribution in [0.3, 0.4) is 0 Å². The van der Waals surface area contributed by atoms with Gasteiger partial charge in [0, 0.05) is 18.9 Å². The molecule has 0 spiro atoms. The summed E-state index contributed by atoms with van der Waals surface area (Å²) in [5, 5.41) is 0. The standard InChI is InChI=1S/C14H13NO3/c16-10-5-3-4-9(8-10)15-13(17)11-6-1-2-7-12(11)14(15)18/h1-2,6-7,9H,3-5,8H2/t9-/m0/s1. The highest BCUT2D eigenvalue weighted by Gasteiger charge is 2.40. The first kappa shape index (κ1) is 11.1. The molecule has 1 heterocycles. The lowest BCUT2D eigenvalue weighted by Crippen LogP contribution is -2.42. The molecule has 92 valence electrons. The molecule has 1 saturated carbocycles. The van der Waals surface area contributed by atoms with E-state index in [4.69, 9.17) is 0 Å². The minimum atomic E-state index is -0.254. The minimum absolute atomic E-state index is 0.141. The van der Waals surface area contributed by atoms with Crippen molar-refractivity contribution < 1.29 is 14.4 Å². The van der Waals surface area contributed by atoms with E-state index in [1.54, 1.807) is 24.3 Å². The van der Waals surface area contributed by atoms with Gasteiger partial charge < -0.3 is 0 Å². The highest BCUT2D eigenvalue weighted by Crippen LogP contribution is 2.29. The Kier molecular flexibility index (Phi) is 2.51. The Morgan fingerprint density at radius 2 is 1.61 bits per heavy atom. The second-order valence-corrected chi connectivity index (χ2v) is 4.81. The van der Waals surface area contributed by atoms with Crippen molar-refractivity contribution >= 4 is 17.6 Å². The van der Waals surface area contributed by atoms with Crippen molar-refractivity contribution in [1.29, 1.82) is 0 Å². The quantitative estimate of drug-likeness (QED) is 0.707. The van der Waals surface area contributed by atoms with Crippen molar-refractivity contribution in [3.8, 4) is 0 Å². The number of ketones is 1. The van der Waals surface area contributed by atoms with Crippen LogP contribution < -0.4 is 0 Å². The maximum absolute atomic E-state index is 12.2. The van der Waals surface area contributed by atoms with Gasteiger partial charge in [-0.2, -0.15) is 0 Å². The Bertz CT molecular complexity index is 515. The molecule has 0 aromatic heterocycles. The maximum Gasteiger partial charge on any atom is 0.261 e. The number of Topliss-reactive ketones (excluding diaryl/α,β-unsaturated/α-hetero) is 1. The van der Waals surface area contributed by atoms with E-state index in [1.807, 2.05) is 0 Å². The molecule has 4 heteroatoms. The first-order chi connectivity index (χ1) is 8.68. The summed E-state index contributed by atoms with van der Waals surface area (Å²) in [6.45, 7) is 0. The SMILES string of the molecule is O=C1CCC[C@H](N2C(=O)c3ccccc3C2=O)C1. The molecule has 18 heavy (non-hydrogen) atoms. The molecule has 1 fully saturated rings. The molecular weight excluding hydrogens is 230 g/mol. The predicted molar refractivity (Wildman–Crippen MR) is 64.2 cm³/mol. The van der Waals surface area contributed by atoms with Gasteiger partial charge in [0.1, 0.15) is 5.78 Å². The molecule has 0 radical (unpaired) electrons. The number of benzene rings is 1. The molecule has 2 amide bonds. The van der Waals surface area contributed by atoms with Crippen molar-refractivity contribution in [2.75, 3.05) is 0 Å². The number of carbonyl (C=O) groups excluding carboxylic acids is 3. The van der Waals surface area contributed by atoms with Crippen LogP contribution in [0.1, 0.15) is 46.4 Å². The van der Waals surface area contributed by atoms with Crippen LogP contribution in [0.4, 0.5) is 0 Å². The second-order valence-electron chi connectivity index (χ2n) is 4.81. The van der Waals surface area contributed by atoms with Crippen LogP contribution in [0.15, 0.2) is 24.3 Å². The molecule has 3 rings (SSSR count). The van der Waals surface area contributed by atoms with Crippen LogP contribution in [0, 0.1) is 0 Å². The summed E-state index contributed by atoms with van der Waals surface area (Å²) in [4.78, 5) is 37.2. The molecule has 1 aliphatic heterocycles. The van der Waals surface area contributed by atoms with Crippen molar-refractivity contribution in [2.45, 2.75) is 31.7 Å². The van der Waals surface area contributed by atoms with Crippen molar-refractivity contribution in [1.82, 2.24) is 4.90 Å². The lowest BCUT2D eigenvalue weighted by atomic mass is 9.93. The summed E-state index contributed by atoms with van der Waals surface area (Å²) in [6, 6.07) is 6.58. The van der Waals surface area contributed by atoms with Crippen molar-refractivity contribution in [3.63, 3.8) is 0 Å². The molecule has 0 N–H and O–H groups in total. The summed E-state index contributed by atoms with van der Waals surface area (Å²) in [7, 11) is 0. The largest absolute Gasteiger partial charge is 0.300 e. The summed E-state index contributed by atoms with van der Waals surface area (Å²) in [5.41, 5.74) is 0.918. The van der Waals surface area contributed by atoms with E-state index in [0.717, 1.165) is 12.8 Å². The van der Waals surface area contributed by atoms with Crippen LogP contribution in [-0.2, 0) is 4.79 Å². The van der Waals surface area contributed by atoms with E-state index < -0.39 is 0 Å². The summed E-state index contributed by atoms with van der Waals surface area (Å²) in [5.74, 6) is -0.367. The summed E-state index contributed by atoms with van der Waals surface area (Å²) >= 11 is 0. The third-order valence-electron chi connectivity index (χ3n) is 3.65. The molecule has 0 saturated heterocycles. The number of hydrogen-bond acceptors (Lipinski definition) is 3. The zero-order valence-corrected chi connectivity index (χ0v) is 9.89. The van der Waals surface area contributed by atoms with Crippen LogP contribution in [0.5, 0.6) is 0 Å². The van der Waals surface area contributed by atoms with Crippen LogP contribution in [-0.4, -0.2) is 28.5 Å². The first-order valence-electron chi connectivity index (χ1n) is 6.17. The normalized spacial score (nSPS) is 23.4. The highest BCUT2D eigenvalue weighted by molar-refractivity contribution is 6.21. The van der Waals surface area contributed by atoms with Gasteiger partial charge in [-0.3, -0.25) is 19.3 Å². The van der Waals surface area contributed by atoms with E-state index in [9.17, 15) is 14.4 Å². The van der Waals surface area contributed by atoms with Crippen LogP contribution in [0.25, 0.3) is 0 Å². The van der Waals surface area contributed by atoms with E-state index in [0.29, 0.717) is 24.0 Å². The summed E-state index contributed by atoms with van der Waals surface area (Å²) in [6.07, 6.45) is 2.37. The molecule has 1 aromatic carbocycles. The molecule has 1 atom stereocenters. The molecule has 0 bridgehead atoms. The third-order valence-corrected chi connectivity index (χ3v) is 3.65. The van der Waals surface area contributed by atoms with E-state index in [-0.39, 0.29) is 23.6 Å². The van der Waals surface area contributed by atoms with Gasteiger partial charge in [0.15, 0.2) is 0 Å². The number of hydrogen-bond donors (Lipinski definition) is 0. The molecule has 0 unspecified atom stereocenters. The monoisotopic (exact) mass is 243 g/mol. The molecule has 2 aliphatic rings. The minimum Gasteiger partial charge on any atom is -0.300 e. The molecule has 1 aliphatic carbocycles. The van der Waals surface area contributed by atoms with E-state index in [1.165, 1.54) is 4.90 Å². The van der Waals surface area contributed by atoms with Gasteiger partial charge in [-0.15, -0.1) is 0 Å². The van der Waals surface area contributed by atoms with Crippen LogP contribution in [0.2, 0.25) is 0 Å². The Hall–Kier alpha value is -1.97. The predicted octanol–water partition coefficient (Wildman–Crippen LogP) is 1.79. The van der Waals surface area contributed by atoms with Gasteiger partial charge >= 0.3 is 0 Å². The van der Waals surface area contributed by atoms with Crippen LogP contribution >= 0.6 is 0 Å². The molecule has 4 nitrogen and oxygen atoms in total. The van der Waals surface area contributed by atoms with Crippen molar-refractivity contribution in [2.24, 2.45) is 0 Å². The van der Waals surface area contributed by atoms with Gasteiger partial charge in [0.05, 0.1) is 11.1 Å². The van der Waals surface area contributed by atoms with E-state index >= 15 is 0 Å². The number of nitrogens with zero attached hydrogens (tertiary/aromatic N) is 1. The fourth-order valence-electron chi connectivity index (χ4n) is 2.76. The van der Waals surface area contributed by atoms with E-state index in [2.05, 4.69) is 0 Å². The molecular formula is C14H13NO3. The average molecular weight is 243 g/mol. The lowest BCUT2D eigenvalue weighted by molar-refractivity contribution is -0.121. The number of amides is 2. The Balaban J connectivity index is 1.94. The average Bonchev–Trinajstić information content (AvgIpc) is 2.63. The number of imide groups is 1. The second kappa shape index (κ2) is 4.05. The smallest absolute Gasteiger partial charge is 0.261 e.